The number of fused-ring (bicyclic) bond motifs is 2. The first-order valence-corrected chi connectivity index (χ1v) is 13.5. The van der Waals surface area contributed by atoms with Crippen LogP contribution in [0.25, 0.3) is 27.8 Å². The fourth-order valence-electron chi connectivity index (χ4n) is 5.22. The topological polar surface area (TPSA) is 95.8 Å². The summed E-state index contributed by atoms with van der Waals surface area (Å²) in [7, 11) is 0. The third-order valence-corrected chi connectivity index (χ3v) is 7.79. The summed E-state index contributed by atoms with van der Waals surface area (Å²) in [5.41, 5.74) is 9.07. The maximum absolute atomic E-state index is 11.0. The number of rotatable bonds is 7. The maximum atomic E-state index is 11.0. The van der Waals surface area contributed by atoms with E-state index in [1.54, 1.807) is 6.33 Å². The molecule has 186 valence electrons. The van der Waals surface area contributed by atoms with Gasteiger partial charge in [-0.15, -0.1) is 0 Å². The molecule has 35 heavy (non-hydrogen) atoms. The van der Waals surface area contributed by atoms with Gasteiger partial charge < -0.3 is 14.3 Å². The number of nitrogens with one attached hydrogen (secondary N) is 1. The Hall–Kier alpha value is -2.59. The number of hydrogen-bond donors (Lipinski definition) is 2. The van der Waals surface area contributed by atoms with E-state index in [1.165, 1.54) is 22.1 Å². The lowest BCUT2D eigenvalue weighted by molar-refractivity contribution is -0.0297. The van der Waals surface area contributed by atoms with Crippen LogP contribution in [0.1, 0.15) is 54.5 Å². The fourth-order valence-corrected chi connectivity index (χ4v) is 5.59. The van der Waals surface area contributed by atoms with E-state index in [1.807, 2.05) is 4.52 Å². The highest BCUT2D eigenvalue weighted by molar-refractivity contribution is 7.79. The average molecular weight is 496 g/mol. The molecule has 4 heterocycles. The largest absolute Gasteiger partial charge is 0.371 e. The molecule has 1 fully saturated rings. The van der Waals surface area contributed by atoms with Crippen LogP contribution >= 0.6 is 0 Å². The van der Waals surface area contributed by atoms with Crippen molar-refractivity contribution in [3.63, 3.8) is 0 Å². The van der Waals surface area contributed by atoms with E-state index >= 15 is 0 Å². The normalized spacial score (nSPS) is 18.2. The zero-order valence-electron chi connectivity index (χ0n) is 20.7. The second kappa shape index (κ2) is 9.81. The summed E-state index contributed by atoms with van der Waals surface area (Å²) in [6, 6.07) is 6.59. The van der Waals surface area contributed by atoms with Crippen LogP contribution in [0.5, 0.6) is 0 Å². The quantitative estimate of drug-likeness (QED) is 0.364. The SMILES string of the molecule is Cc1c(-c2[nH]c3ccc(C4CN(CCCS(=O)O)CCO4)cc3c2C(C)C)cn2ncnc2c1C. The van der Waals surface area contributed by atoms with Gasteiger partial charge in [0.15, 0.2) is 16.7 Å². The summed E-state index contributed by atoms with van der Waals surface area (Å²) in [4.78, 5) is 10.4. The van der Waals surface area contributed by atoms with E-state index in [4.69, 9.17) is 9.29 Å². The number of H-pyrrole nitrogens is 1. The van der Waals surface area contributed by atoms with Gasteiger partial charge in [-0.1, -0.05) is 19.9 Å². The average Bonchev–Trinajstić information content (AvgIpc) is 3.45. The lowest BCUT2D eigenvalue weighted by Crippen LogP contribution is -2.39. The van der Waals surface area contributed by atoms with Gasteiger partial charge in [0.05, 0.1) is 24.2 Å². The zero-order chi connectivity index (χ0) is 24.7. The number of aromatic amines is 1. The minimum atomic E-state index is -1.73. The molecule has 2 unspecified atom stereocenters. The summed E-state index contributed by atoms with van der Waals surface area (Å²) < 4.78 is 28.1. The van der Waals surface area contributed by atoms with E-state index in [9.17, 15) is 4.21 Å². The maximum Gasteiger partial charge on any atom is 0.158 e. The van der Waals surface area contributed by atoms with E-state index in [2.05, 4.69) is 72.1 Å². The predicted molar refractivity (Wildman–Crippen MR) is 139 cm³/mol. The Labute approximate surface area is 208 Å². The second-order valence-electron chi connectivity index (χ2n) is 9.73. The van der Waals surface area contributed by atoms with E-state index in [0.29, 0.717) is 24.7 Å². The van der Waals surface area contributed by atoms with Crippen molar-refractivity contribution in [2.45, 2.75) is 46.1 Å². The van der Waals surface area contributed by atoms with Crippen LogP contribution in [-0.2, 0) is 15.8 Å². The highest BCUT2D eigenvalue weighted by Gasteiger charge is 2.24. The molecule has 0 saturated carbocycles. The fraction of sp³-hybridized carbons (Fsp3) is 0.462. The molecule has 1 saturated heterocycles. The van der Waals surface area contributed by atoms with Crippen molar-refractivity contribution in [3.8, 4) is 11.3 Å². The number of aryl methyl sites for hydroxylation is 1. The van der Waals surface area contributed by atoms with Crippen LogP contribution < -0.4 is 0 Å². The van der Waals surface area contributed by atoms with Crippen molar-refractivity contribution in [2.75, 3.05) is 32.0 Å². The van der Waals surface area contributed by atoms with Gasteiger partial charge in [0.2, 0.25) is 0 Å². The number of nitrogens with zero attached hydrogens (tertiary/aromatic N) is 4. The van der Waals surface area contributed by atoms with Crippen molar-refractivity contribution >= 4 is 27.6 Å². The van der Waals surface area contributed by atoms with Crippen molar-refractivity contribution in [2.24, 2.45) is 0 Å². The Morgan fingerprint density at radius 1 is 1.29 bits per heavy atom. The number of hydrogen-bond acceptors (Lipinski definition) is 5. The molecule has 5 rings (SSSR count). The first kappa shape index (κ1) is 24.1. The van der Waals surface area contributed by atoms with E-state index in [0.717, 1.165) is 47.6 Å². The van der Waals surface area contributed by atoms with Gasteiger partial charge in [-0.05, 0) is 67.1 Å². The first-order chi connectivity index (χ1) is 16.8. The molecule has 9 heteroatoms. The molecule has 2 atom stereocenters. The third-order valence-electron chi connectivity index (χ3n) is 7.15. The Morgan fingerprint density at radius 2 is 2.11 bits per heavy atom. The number of benzene rings is 1. The predicted octanol–water partition coefficient (Wildman–Crippen LogP) is 4.60. The zero-order valence-corrected chi connectivity index (χ0v) is 21.6. The molecule has 1 aliphatic heterocycles. The minimum absolute atomic E-state index is 0.0124. The molecule has 8 nitrogen and oxygen atoms in total. The highest BCUT2D eigenvalue weighted by atomic mass is 32.2. The van der Waals surface area contributed by atoms with Crippen molar-refractivity contribution in [1.29, 1.82) is 0 Å². The second-order valence-corrected chi connectivity index (χ2v) is 10.8. The lowest BCUT2D eigenvalue weighted by atomic mass is 9.93. The lowest BCUT2D eigenvalue weighted by Gasteiger charge is -2.33. The summed E-state index contributed by atoms with van der Waals surface area (Å²) in [5.74, 6) is 0.639. The Kier molecular flexibility index (Phi) is 6.76. The molecule has 0 spiro atoms. The van der Waals surface area contributed by atoms with Crippen LogP contribution in [0.4, 0.5) is 0 Å². The molecular formula is C26H33N5O3S. The Balaban J connectivity index is 1.51. The molecule has 4 aromatic rings. The molecular weight excluding hydrogens is 462 g/mol. The van der Waals surface area contributed by atoms with Gasteiger partial charge in [0, 0.05) is 35.8 Å². The highest BCUT2D eigenvalue weighted by Crippen LogP contribution is 2.39. The van der Waals surface area contributed by atoms with Gasteiger partial charge in [0.25, 0.3) is 0 Å². The van der Waals surface area contributed by atoms with Gasteiger partial charge in [0.1, 0.15) is 6.33 Å². The monoisotopic (exact) mass is 495 g/mol. The summed E-state index contributed by atoms with van der Waals surface area (Å²) in [6.07, 6.45) is 4.37. The van der Waals surface area contributed by atoms with Gasteiger partial charge >= 0.3 is 0 Å². The number of pyridine rings is 1. The molecule has 0 radical (unpaired) electrons. The molecule has 3 aromatic heterocycles. The van der Waals surface area contributed by atoms with Crippen LogP contribution in [0, 0.1) is 13.8 Å². The van der Waals surface area contributed by atoms with Crippen LogP contribution in [-0.4, -0.2) is 65.2 Å². The van der Waals surface area contributed by atoms with Gasteiger partial charge in [-0.2, -0.15) is 5.10 Å². The molecule has 2 N–H and O–H groups in total. The van der Waals surface area contributed by atoms with E-state index in [-0.39, 0.29) is 6.10 Å². The van der Waals surface area contributed by atoms with Crippen LogP contribution in [0.15, 0.2) is 30.7 Å². The Morgan fingerprint density at radius 3 is 2.89 bits per heavy atom. The van der Waals surface area contributed by atoms with Crippen molar-refractivity contribution in [1.82, 2.24) is 24.5 Å². The number of morpholine rings is 1. The summed E-state index contributed by atoms with van der Waals surface area (Å²) in [5, 5.41) is 5.61. The smallest absolute Gasteiger partial charge is 0.158 e. The van der Waals surface area contributed by atoms with Crippen molar-refractivity contribution in [3.05, 3.63) is 53.0 Å². The first-order valence-electron chi connectivity index (χ1n) is 12.2. The molecule has 1 aliphatic rings. The molecule has 1 aromatic carbocycles. The van der Waals surface area contributed by atoms with Crippen LogP contribution in [0.3, 0.4) is 0 Å². The molecule has 0 aliphatic carbocycles. The van der Waals surface area contributed by atoms with Gasteiger partial charge in [-0.3, -0.25) is 4.90 Å². The minimum Gasteiger partial charge on any atom is -0.371 e. The molecule has 0 bridgehead atoms. The standard InChI is InChI=1S/C26H33N5O3S/c1-16(2)24-20-12-19(23-14-30(9-10-34-23)8-5-11-35(32)33)6-7-22(20)29-25(24)21-13-31-26(27-15-28-31)18(4)17(21)3/h6-7,12-13,15-16,23,29H,5,8-11,14H2,1-4H3,(H,32,33). The van der Waals surface area contributed by atoms with E-state index < -0.39 is 11.1 Å². The number of aromatic nitrogens is 4. The Bertz CT molecular complexity index is 1390. The summed E-state index contributed by atoms with van der Waals surface area (Å²) in [6.45, 7) is 11.8. The van der Waals surface area contributed by atoms with Crippen molar-refractivity contribution < 1.29 is 13.5 Å². The third kappa shape index (κ3) is 4.65. The van der Waals surface area contributed by atoms with Gasteiger partial charge in [-0.25, -0.2) is 13.7 Å². The number of ether oxygens (including phenoxy) is 1. The van der Waals surface area contributed by atoms with Crippen LogP contribution in [0.2, 0.25) is 0 Å². The summed E-state index contributed by atoms with van der Waals surface area (Å²) >= 11 is -1.73. The molecule has 0 amide bonds.